The van der Waals surface area contributed by atoms with Gasteiger partial charge in [-0.2, -0.15) is 11.8 Å². The molecule has 1 N–H and O–H groups in total. The first-order valence-corrected chi connectivity index (χ1v) is 8.06. The molecule has 0 bridgehead atoms. The number of amides is 1. The molecule has 2 aliphatic heterocycles. The summed E-state index contributed by atoms with van der Waals surface area (Å²) >= 11 is 1.86. The van der Waals surface area contributed by atoms with Gasteiger partial charge in [0, 0.05) is 25.0 Å². The molecule has 2 atom stereocenters. The first-order valence-electron chi connectivity index (χ1n) is 6.91. The summed E-state index contributed by atoms with van der Waals surface area (Å²) in [5.74, 6) is 2.37. The van der Waals surface area contributed by atoms with Crippen LogP contribution in [0.1, 0.15) is 23.2 Å². The predicted octanol–water partition coefficient (Wildman–Crippen LogP) is 1.17. The molecule has 3 heterocycles. The Morgan fingerprint density at radius 1 is 1.50 bits per heavy atom. The third-order valence-corrected chi connectivity index (χ3v) is 4.75. The van der Waals surface area contributed by atoms with E-state index < -0.39 is 6.10 Å². The van der Waals surface area contributed by atoms with Crippen LogP contribution < -0.4 is 4.74 Å². The maximum absolute atomic E-state index is 12.5. The van der Waals surface area contributed by atoms with Gasteiger partial charge in [-0.3, -0.25) is 4.79 Å². The van der Waals surface area contributed by atoms with Crippen molar-refractivity contribution in [2.75, 3.05) is 24.6 Å². The molecule has 0 saturated carbocycles. The zero-order chi connectivity index (χ0) is 13.9. The van der Waals surface area contributed by atoms with E-state index in [9.17, 15) is 9.90 Å². The topological polar surface area (TPSA) is 62.7 Å². The molecule has 3 rings (SSSR count). The second-order valence-electron chi connectivity index (χ2n) is 5.15. The van der Waals surface area contributed by atoms with E-state index in [-0.39, 0.29) is 12.0 Å². The van der Waals surface area contributed by atoms with Gasteiger partial charge in [-0.1, -0.05) is 0 Å². The number of β-amino-alcohol motifs (C(OH)–C–C–N with tert-alkyl or cyclic N) is 1. The summed E-state index contributed by atoms with van der Waals surface area (Å²) in [7, 11) is 0. The van der Waals surface area contributed by atoms with Gasteiger partial charge in [-0.05, 0) is 30.7 Å². The lowest BCUT2D eigenvalue weighted by Gasteiger charge is -2.19. The molecule has 1 aromatic rings. The van der Waals surface area contributed by atoms with E-state index in [0.717, 1.165) is 17.9 Å². The molecule has 1 aromatic heterocycles. The van der Waals surface area contributed by atoms with E-state index in [4.69, 9.17) is 4.74 Å². The molecule has 6 heteroatoms. The highest BCUT2D eigenvalue weighted by molar-refractivity contribution is 7.99. The number of aliphatic hydroxyl groups is 1. The largest absolute Gasteiger partial charge is 0.473 e. The summed E-state index contributed by atoms with van der Waals surface area (Å²) in [6.45, 7) is 0.986. The predicted molar refractivity (Wildman–Crippen MR) is 77.1 cm³/mol. The molecule has 5 nitrogen and oxygen atoms in total. The number of carbonyl (C=O) groups excluding carboxylic acids is 1. The van der Waals surface area contributed by atoms with Crippen LogP contribution in [0, 0.1) is 0 Å². The second kappa shape index (κ2) is 6.01. The molecule has 0 radical (unpaired) electrons. The van der Waals surface area contributed by atoms with Crippen LogP contribution in [0.15, 0.2) is 18.3 Å². The molecule has 0 aliphatic carbocycles. The van der Waals surface area contributed by atoms with Crippen molar-refractivity contribution >= 4 is 17.7 Å². The van der Waals surface area contributed by atoms with Gasteiger partial charge in [0.05, 0.1) is 6.10 Å². The number of thioether (sulfide) groups is 1. The first-order chi connectivity index (χ1) is 9.74. The molecule has 108 valence electrons. The van der Waals surface area contributed by atoms with E-state index >= 15 is 0 Å². The standard InChI is InChI=1S/C14H18N2O3S/c17-10-3-6-16(8-10)14(18)12-2-1-5-15-13(12)19-11-4-7-20-9-11/h1-2,5,10-11,17H,3-4,6-9H2. The maximum Gasteiger partial charge on any atom is 0.259 e. The van der Waals surface area contributed by atoms with E-state index in [2.05, 4.69) is 4.98 Å². The Kier molecular flexibility index (Phi) is 4.12. The van der Waals surface area contributed by atoms with Gasteiger partial charge in [0.2, 0.25) is 5.88 Å². The first kappa shape index (κ1) is 13.7. The molecule has 0 aromatic carbocycles. The zero-order valence-corrected chi connectivity index (χ0v) is 12.0. The van der Waals surface area contributed by atoms with E-state index in [1.807, 2.05) is 11.8 Å². The lowest BCUT2D eigenvalue weighted by atomic mass is 10.2. The van der Waals surface area contributed by atoms with Gasteiger partial charge in [0.15, 0.2) is 0 Å². The Bertz CT molecular complexity index is 491. The van der Waals surface area contributed by atoms with Crippen LogP contribution in [-0.4, -0.2) is 57.7 Å². The summed E-state index contributed by atoms with van der Waals surface area (Å²) < 4.78 is 5.87. The van der Waals surface area contributed by atoms with E-state index in [0.29, 0.717) is 31.0 Å². The number of nitrogens with zero attached hydrogens (tertiary/aromatic N) is 2. The van der Waals surface area contributed by atoms with Crippen molar-refractivity contribution in [3.05, 3.63) is 23.9 Å². The Hall–Kier alpha value is -1.27. The van der Waals surface area contributed by atoms with Crippen LogP contribution in [-0.2, 0) is 0 Å². The Labute approximate surface area is 122 Å². The second-order valence-corrected chi connectivity index (χ2v) is 6.30. The van der Waals surface area contributed by atoms with Crippen LogP contribution in [0.5, 0.6) is 5.88 Å². The van der Waals surface area contributed by atoms with Crippen molar-refractivity contribution < 1.29 is 14.6 Å². The van der Waals surface area contributed by atoms with Crippen molar-refractivity contribution in [3.63, 3.8) is 0 Å². The Morgan fingerprint density at radius 3 is 3.10 bits per heavy atom. The minimum atomic E-state index is -0.411. The summed E-state index contributed by atoms with van der Waals surface area (Å²) in [6, 6.07) is 3.49. The van der Waals surface area contributed by atoms with Crippen LogP contribution in [0.3, 0.4) is 0 Å². The Balaban J connectivity index is 1.76. The number of aromatic nitrogens is 1. The normalized spacial score (nSPS) is 25.9. The molecular formula is C14H18N2O3S. The highest BCUT2D eigenvalue weighted by Gasteiger charge is 2.28. The van der Waals surface area contributed by atoms with Gasteiger partial charge in [-0.25, -0.2) is 4.98 Å². The fourth-order valence-electron chi connectivity index (χ4n) is 2.51. The quantitative estimate of drug-likeness (QED) is 0.907. The van der Waals surface area contributed by atoms with Gasteiger partial charge >= 0.3 is 0 Å². The maximum atomic E-state index is 12.5. The number of pyridine rings is 1. The number of ether oxygens (including phenoxy) is 1. The van der Waals surface area contributed by atoms with Crippen molar-refractivity contribution in [2.24, 2.45) is 0 Å². The molecule has 0 spiro atoms. The number of hydrogen-bond acceptors (Lipinski definition) is 5. The third-order valence-electron chi connectivity index (χ3n) is 3.62. The van der Waals surface area contributed by atoms with Crippen molar-refractivity contribution in [1.29, 1.82) is 0 Å². The van der Waals surface area contributed by atoms with Crippen molar-refractivity contribution in [2.45, 2.75) is 25.0 Å². The minimum absolute atomic E-state index is 0.102. The minimum Gasteiger partial charge on any atom is -0.473 e. The third kappa shape index (κ3) is 2.91. The molecule has 2 unspecified atom stereocenters. The molecular weight excluding hydrogens is 276 g/mol. The van der Waals surface area contributed by atoms with Gasteiger partial charge in [0.25, 0.3) is 5.91 Å². The number of rotatable bonds is 3. The van der Waals surface area contributed by atoms with Crippen molar-refractivity contribution in [3.8, 4) is 5.88 Å². The van der Waals surface area contributed by atoms with E-state index in [1.54, 1.807) is 23.2 Å². The molecule has 2 aliphatic rings. The van der Waals surface area contributed by atoms with Crippen LogP contribution >= 0.6 is 11.8 Å². The summed E-state index contributed by atoms with van der Waals surface area (Å²) in [6.07, 6.45) is 3.02. The molecule has 1 amide bonds. The fourth-order valence-corrected chi connectivity index (χ4v) is 3.60. The van der Waals surface area contributed by atoms with Gasteiger partial charge in [-0.15, -0.1) is 0 Å². The highest BCUT2D eigenvalue weighted by atomic mass is 32.2. The summed E-state index contributed by atoms with van der Waals surface area (Å²) in [5.41, 5.74) is 0.499. The SMILES string of the molecule is O=C(c1cccnc1OC1CCSC1)N1CCC(O)C1. The van der Waals surface area contributed by atoms with Gasteiger partial charge < -0.3 is 14.7 Å². The van der Waals surface area contributed by atoms with Crippen LogP contribution in [0.25, 0.3) is 0 Å². The van der Waals surface area contributed by atoms with Gasteiger partial charge in [0.1, 0.15) is 11.7 Å². The summed E-state index contributed by atoms with van der Waals surface area (Å²) in [4.78, 5) is 18.4. The number of carbonyl (C=O) groups is 1. The zero-order valence-electron chi connectivity index (χ0n) is 11.2. The lowest BCUT2D eigenvalue weighted by Crippen LogP contribution is -2.30. The molecule has 20 heavy (non-hydrogen) atoms. The summed E-state index contributed by atoms with van der Waals surface area (Å²) in [5, 5.41) is 9.55. The smallest absolute Gasteiger partial charge is 0.259 e. The van der Waals surface area contributed by atoms with Crippen LogP contribution in [0.4, 0.5) is 0 Å². The monoisotopic (exact) mass is 294 g/mol. The number of hydrogen-bond donors (Lipinski definition) is 1. The average Bonchev–Trinajstić information content (AvgIpc) is 3.10. The highest BCUT2D eigenvalue weighted by Crippen LogP contribution is 2.25. The van der Waals surface area contributed by atoms with Crippen LogP contribution in [0.2, 0.25) is 0 Å². The molecule has 2 fully saturated rings. The van der Waals surface area contributed by atoms with E-state index in [1.165, 1.54) is 0 Å². The number of aliphatic hydroxyl groups excluding tert-OH is 1. The van der Waals surface area contributed by atoms with Crippen molar-refractivity contribution in [1.82, 2.24) is 9.88 Å². The lowest BCUT2D eigenvalue weighted by molar-refractivity contribution is 0.0757. The average molecular weight is 294 g/mol. The molecule has 2 saturated heterocycles. The number of likely N-dealkylation sites (tertiary alicyclic amines) is 1. The Morgan fingerprint density at radius 2 is 2.40 bits per heavy atom. The fraction of sp³-hybridized carbons (Fsp3) is 0.571.